The third kappa shape index (κ3) is 3.86. The summed E-state index contributed by atoms with van der Waals surface area (Å²) in [7, 11) is -3.19. The van der Waals surface area contributed by atoms with Crippen molar-refractivity contribution in [1.29, 1.82) is 0 Å². The largest absolute Gasteiger partial charge is 0.478 e. The van der Waals surface area contributed by atoms with Crippen molar-refractivity contribution in [3.63, 3.8) is 0 Å². The molecular weight excluding hydrogens is 308 g/mol. The van der Waals surface area contributed by atoms with Crippen molar-refractivity contribution >= 4 is 27.6 Å². The molecule has 0 saturated carbocycles. The van der Waals surface area contributed by atoms with E-state index in [0.717, 1.165) is 15.4 Å². The topological polar surface area (TPSA) is 71.4 Å². The zero-order chi connectivity index (χ0) is 15.6. The molecule has 110 valence electrons. The van der Waals surface area contributed by atoms with Gasteiger partial charge in [0.15, 0.2) is 9.84 Å². The molecule has 21 heavy (non-hydrogen) atoms. The van der Waals surface area contributed by atoms with Gasteiger partial charge in [0.2, 0.25) is 0 Å². The highest BCUT2D eigenvalue weighted by molar-refractivity contribution is 7.99. The minimum Gasteiger partial charge on any atom is -0.478 e. The molecular formula is C15H14O4S2. The predicted molar refractivity (Wildman–Crippen MR) is 81.8 cm³/mol. The van der Waals surface area contributed by atoms with Crippen LogP contribution in [0.25, 0.3) is 0 Å². The van der Waals surface area contributed by atoms with E-state index in [9.17, 15) is 13.2 Å². The Bertz CT molecular complexity index is 778. The second kappa shape index (κ2) is 5.91. The predicted octanol–water partition coefficient (Wildman–Crippen LogP) is 3.25. The van der Waals surface area contributed by atoms with Crippen molar-refractivity contribution in [2.75, 3.05) is 6.26 Å². The third-order valence-corrected chi connectivity index (χ3v) is 5.22. The SMILES string of the molecule is Cc1cc(C(=O)O)ccc1Sc1ccc(S(C)(=O)=O)cc1. The first-order valence-electron chi connectivity index (χ1n) is 6.09. The van der Waals surface area contributed by atoms with Crippen molar-refractivity contribution < 1.29 is 18.3 Å². The molecule has 0 aliphatic carbocycles. The van der Waals surface area contributed by atoms with Crippen LogP contribution in [0.2, 0.25) is 0 Å². The van der Waals surface area contributed by atoms with Crippen molar-refractivity contribution in [2.24, 2.45) is 0 Å². The molecule has 2 aromatic rings. The summed E-state index contributed by atoms with van der Waals surface area (Å²) in [6.45, 7) is 1.85. The van der Waals surface area contributed by atoms with Crippen LogP contribution in [0.1, 0.15) is 15.9 Å². The quantitative estimate of drug-likeness (QED) is 0.935. The molecule has 2 aromatic carbocycles. The molecule has 0 aromatic heterocycles. The van der Waals surface area contributed by atoms with Crippen LogP contribution in [0.3, 0.4) is 0 Å². The third-order valence-electron chi connectivity index (χ3n) is 2.90. The average molecular weight is 322 g/mol. The number of sulfone groups is 1. The standard InChI is InChI=1S/C15H14O4S2/c1-10-9-11(15(16)17)3-8-14(10)20-12-4-6-13(7-5-12)21(2,18)19/h3-9H,1-2H3,(H,16,17). The lowest BCUT2D eigenvalue weighted by atomic mass is 10.1. The molecule has 0 aliphatic heterocycles. The Hall–Kier alpha value is -1.79. The normalized spacial score (nSPS) is 11.3. The first kappa shape index (κ1) is 15.6. The van der Waals surface area contributed by atoms with Crippen LogP contribution in [0.15, 0.2) is 57.2 Å². The first-order chi connectivity index (χ1) is 9.77. The summed E-state index contributed by atoms with van der Waals surface area (Å²) in [6, 6.07) is 11.6. The lowest BCUT2D eigenvalue weighted by molar-refractivity contribution is 0.0696. The second-order valence-corrected chi connectivity index (χ2v) is 7.76. The molecule has 0 heterocycles. The van der Waals surface area contributed by atoms with Crippen LogP contribution in [0.4, 0.5) is 0 Å². The van der Waals surface area contributed by atoms with Gasteiger partial charge in [-0.1, -0.05) is 11.8 Å². The molecule has 1 N–H and O–H groups in total. The fourth-order valence-electron chi connectivity index (χ4n) is 1.78. The summed E-state index contributed by atoms with van der Waals surface area (Å²) in [5.41, 5.74) is 1.12. The Labute approximate surface area is 127 Å². The monoisotopic (exact) mass is 322 g/mol. The van der Waals surface area contributed by atoms with Gasteiger partial charge < -0.3 is 5.11 Å². The maximum absolute atomic E-state index is 11.4. The van der Waals surface area contributed by atoms with Crippen molar-refractivity contribution in [3.05, 3.63) is 53.6 Å². The summed E-state index contributed by atoms with van der Waals surface area (Å²) in [5.74, 6) is -0.952. The van der Waals surface area contributed by atoms with Crippen molar-refractivity contribution in [1.82, 2.24) is 0 Å². The highest BCUT2D eigenvalue weighted by Crippen LogP contribution is 2.31. The van der Waals surface area contributed by atoms with Crippen LogP contribution >= 0.6 is 11.8 Å². The maximum Gasteiger partial charge on any atom is 0.335 e. The fraction of sp³-hybridized carbons (Fsp3) is 0.133. The molecule has 0 fully saturated rings. The van der Waals surface area contributed by atoms with Crippen LogP contribution in [0, 0.1) is 6.92 Å². The number of carboxylic acids is 1. The first-order valence-corrected chi connectivity index (χ1v) is 8.80. The molecule has 4 nitrogen and oxygen atoms in total. The molecule has 0 unspecified atom stereocenters. The minimum absolute atomic E-state index is 0.254. The van der Waals surface area contributed by atoms with E-state index in [0.29, 0.717) is 0 Å². The molecule has 2 rings (SSSR count). The summed E-state index contributed by atoms with van der Waals surface area (Å²) >= 11 is 1.47. The van der Waals surface area contributed by atoms with E-state index in [1.165, 1.54) is 18.0 Å². The van der Waals surface area contributed by atoms with Crippen molar-refractivity contribution in [2.45, 2.75) is 21.6 Å². The van der Waals surface area contributed by atoms with Gasteiger partial charge in [-0.15, -0.1) is 0 Å². The number of rotatable bonds is 4. The Kier molecular flexibility index (Phi) is 4.39. The molecule has 6 heteroatoms. The molecule has 0 bridgehead atoms. The average Bonchev–Trinajstić information content (AvgIpc) is 2.40. The molecule has 0 aliphatic rings. The molecule has 0 atom stereocenters. The van der Waals surface area contributed by atoms with Crippen LogP contribution in [-0.4, -0.2) is 25.7 Å². The lowest BCUT2D eigenvalue weighted by Gasteiger charge is -2.07. The summed E-state index contributed by atoms with van der Waals surface area (Å²) in [6.07, 6.45) is 1.17. The Morgan fingerprint density at radius 1 is 1.10 bits per heavy atom. The van der Waals surface area contributed by atoms with Gasteiger partial charge in [-0.05, 0) is 55.0 Å². The number of carbonyl (C=O) groups is 1. The second-order valence-electron chi connectivity index (χ2n) is 4.63. The van der Waals surface area contributed by atoms with E-state index in [4.69, 9.17) is 5.11 Å². The fourth-order valence-corrected chi connectivity index (χ4v) is 3.29. The maximum atomic E-state index is 11.4. The van der Waals surface area contributed by atoms with Crippen LogP contribution in [-0.2, 0) is 9.84 Å². The van der Waals surface area contributed by atoms with E-state index in [1.807, 2.05) is 6.92 Å². The van der Waals surface area contributed by atoms with E-state index in [-0.39, 0.29) is 10.5 Å². The summed E-state index contributed by atoms with van der Waals surface area (Å²) in [4.78, 5) is 13.0. The smallest absolute Gasteiger partial charge is 0.335 e. The van der Waals surface area contributed by atoms with Gasteiger partial charge in [0.05, 0.1) is 10.5 Å². The van der Waals surface area contributed by atoms with Crippen LogP contribution < -0.4 is 0 Å². The van der Waals surface area contributed by atoms with Gasteiger partial charge in [0.25, 0.3) is 0 Å². The van der Waals surface area contributed by atoms with Gasteiger partial charge in [0.1, 0.15) is 0 Å². The number of benzene rings is 2. The lowest BCUT2D eigenvalue weighted by Crippen LogP contribution is -1.97. The van der Waals surface area contributed by atoms with Gasteiger partial charge in [-0.25, -0.2) is 13.2 Å². The van der Waals surface area contributed by atoms with Crippen LogP contribution in [0.5, 0.6) is 0 Å². The van der Waals surface area contributed by atoms with E-state index >= 15 is 0 Å². The highest BCUT2D eigenvalue weighted by Gasteiger charge is 2.09. The minimum atomic E-state index is -3.19. The van der Waals surface area contributed by atoms with E-state index in [1.54, 1.807) is 42.5 Å². The van der Waals surface area contributed by atoms with E-state index in [2.05, 4.69) is 0 Å². The molecule has 0 radical (unpaired) electrons. The van der Waals surface area contributed by atoms with Crippen molar-refractivity contribution in [3.8, 4) is 0 Å². The number of hydrogen-bond donors (Lipinski definition) is 1. The Morgan fingerprint density at radius 2 is 1.71 bits per heavy atom. The van der Waals surface area contributed by atoms with Gasteiger partial charge in [-0.2, -0.15) is 0 Å². The van der Waals surface area contributed by atoms with Gasteiger partial charge in [0, 0.05) is 16.0 Å². The van der Waals surface area contributed by atoms with E-state index < -0.39 is 15.8 Å². The van der Waals surface area contributed by atoms with Gasteiger partial charge >= 0.3 is 5.97 Å². The Balaban J connectivity index is 2.24. The number of aromatic carboxylic acids is 1. The summed E-state index contributed by atoms with van der Waals surface area (Å²) in [5, 5.41) is 8.93. The number of aryl methyl sites for hydroxylation is 1. The van der Waals surface area contributed by atoms with Gasteiger partial charge in [-0.3, -0.25) is 0 Å². The Morgan fingerprint density at radius 3 is 2.19 bits per heavy atom. The molecule has 0 amide bonds. The zero-order valence-corrected chi connectivity index (χ0v) is 13.2. The number of hydrogen-bond acceptors (Lipinski definition) is 4. The molecule has 0 saturated heterocycles. The number of carboxylic acid groups (broad SMARTS) is 1. The molecule has 0 spiro atoms. The summed E-state index contributed by atoms with van der Waals surface area (Å²) < 4.78 is 22.8. The highest BCUT2D eigenvalue weighted by atomic mass is 32.2. The zero-order valence-electron chi connectivity index (χ0n) is 11.5.